The summed E-state index contributed by atoms with van der Waals surface area (Å²) in [7, 11) is 0. The Morgan fingerprint density at radius 3 is 2.78 bits per heavy atom. The molecule has 0 unspecified atom stereocenters. The number of nitrogens with two attached hydrogens (primary N) is 1. The first-order chi connectivity index (χ1) is 8.69. The van der Waals surface area contributed by atoms with Gasteiger partial charge in [0.2, 0.25) is 0 Å². The van der Waals surface area contributed by atoms with E-state index in [1.54, 1.807) is 0 Å². The van der Waals surface area contributed by atoms with Gasteiger partial charge in [-0.3, -0.25) is 0 Å². The molecule has 2 rings (SSSR count). The molecule has 1 aliphatic carbocycles. The van der Waals surface area contributed by atoms with E-state index < -0.39 is 0 Å². The number of oxime groups is 1. The predicted molar refractivity (Wildman–Crippen MR) is 74.0 cm³/mol. The molecule has 1 saturated carbocycles. The maximum absolute atomic E-state index is 8.64. The number of aryl methyl sites for hydroxylation is 1. The second-order valence-corrected chi connectivity index (χ2v) is 5.13. The van der Waals surface area contributed by atoms with Gasteiger partial charge in [0.25, 0.3) is 0 Å². The summed E-state index contributed by atoms with van der Waals surface area (Å²) in [6, 6.07) is 8.36. The molecule has 4 nitrogen and oxygen atoms in total. The van der Waals surface area contributed by atoms with Crippen molar-refractivity contribution in [1.29, 1.82) is 0 Å². The standard InChI is InChI=1S/C14H21N3O/c1-2-11-5-3-4-6-12(11)16-10-14(7-8-14)9-13(15)17-18/h3-6,16,18H,2,7-10H2,1H3,(H2,15,17). The summed E-state index contributed by atoms with van der Waals surface area (Å²) < 4.78 is 0. The van der Waals surface area contributed by atoms with Crippen LogP contribution in [0.25, 0.3) is 0 Å². The molecule has 0 amide bonds. The Morgan fingerprint density at radius 1 is 1.44 bits per heavy atom. The molecule has 0 saturated heterocycles. The highest BCUT2D eigenvalue weighted by Gasteiger charge is 2.43. The van der Waals surface area contributed by atoms with Crippen molar-refractivity contribution >= 4 is 11.5 Å². The van der Waals surface area contributed by atoms with Gasteiger partial charge in [-0.05, 0) is 36.3 Å². The topological polar surface area (TPSA) is 70.6 Å². The molecule has 98 valence electrons. The fourth-order valence-electron chi connectivity index (χ4n) is 2.30. The second-order valence-electron chi connectivity index (χ2n) is 5.13. The molecule has 1 fully saturated rings. The molecule has 4 heteroatoms. The molecule has 0 aromatic heterocycles. The largest absolute Gasteiger partial charge is 0.409 e. The van der Waals surface area contributed by atoms with E-state index in [9.17, 15) is 0 Å². The molecular formula is C14H21N3O. The lowest BCUT2D eigenvalue weighted by Gasteiger charge is -2.17. The van der Waals surface area contributed by atoms with E-state index in [0.717, 1.165) is 25.8 Å². The maximum atomic E-state index is 8.64. The first-order valence-electron chi connectivity index (χ1n) is 6.47. The molecule has 0 bridgehead atoms. The molecule has 0 atom stereocenters. The molecular weight excluding hydrogens is 226 g/mol. The Bertz CT molecular complexity index is 438. The van der Waals surface area contributed by atoms with Crippen molar-refractivity contribution in [3.63, 3.8) is 0 Å². The quantitative estimate of drug-likeness (QED) is 0.313. The highest BCUT2D eigenvalue weighted by atomic mass is 16.4. The highest BCUT2D eigenvalue weighted by Crippen LogP contribution is 2.48. The van der Waals surface area contributed by atoms with Crippen LogP contribution in [0.1, 0.15) is 31.7 Å². The smallest absolute Gasteiger partial charge is 0.139 e. The summed E-state index contributed by atoms with van der Waals surface area (Å²) in [6.45, 7) is 3.05. The number of nitrogens with zero attached hydrogens (tertiary/aromatic N) is 1. The van der Waals surface area contributed by atoms with Crippen LogP contribution in [0.2, 0.25) is 0 Å². The molecule has 1 aliphatic rings. The number of nitrogens with one attached hydrogen (secondary N) is 1. The molecule has 0 spiro atoms. The summed E-state index contributed by atoms with van der Waals surface area (Å²) >= 11 is 0. The number of hydrogen-bond donors (Lipinski definition) is 3. The second kappa shape index (κ2) is 5.29. The van der Waals surface area contributed by atoms with E-state index in [-0.39, 0.29) is 5.41 Å². The number of rotatable bonds is 6. The Balaban J connectivity index is 1.95. The molecule has 1 aromatic carbocycles. The number of benzene rings is 1. The van der Waals surface area contributed by atoms with Crippen LogP contribution >= 0.6 is 0 Å². The first-order valence-corrected chi connectivity index (χ1v) is 6.47. The van der Waals surface area contributed by atoms with Crippen LogP contribution in [-0.4, -0.2) is 17.6 Å². The minimum Gasteiger partial charge on any atom is -0.409 e. The number of para-hydroxylation sites is 1. The van der Waals surface area contributed by atoms with Gasteiger partial charge >= 0.3 is 0 Å². The Labute approximate surface area is 108 Å². The van der Waals surface area contributed by atoms with Gasteiger partial charge in [0.15, 0.2) is 0 Å². The number of amidine groups is 1. The van der Waals surface area contributed by atoms with Gasteiger partial charge < -0.3 is 16.3 Å². The zero-order valence-corrected chi connectivity index (χ0v) is 10.8. The van der Waals surface area contributed by atoms with Gasteiger partial charge in [-0.1, -0.05) is 30.3 Å². The van der Waals surface area contributed by atoms with Crippen LogP contribution in [0.3, 0.4) is 0 Å². The van der Waals surface area contributed by atoms with Crippen molar-refractivity contribution in [2.24, 2.45) is 16.3 Å². The highest BCUT2D eigenvalue weighted by molar-refractivity contribution is 5.80. The van der Waals surface area contributed by atoms with E-state index in [0.29, 0.717) is 12.3 Å². The van der Waals surface area contributed by atoms with E-state index in [4.69, 9.17) is 10.9 Å². The van der Waals surface area contributed by atoms with Crippen molar-refractivity contribution in [2.75, 3.05) is 11.9 Å². The lowest BCUT2D eigenvalue weighted by Crippen LogP contribution is -2.24. The fraction of sp³-hybridized carbons (Fsp3) is 0.500. The Kier molecular flexibility index (Phi) is 3.75. The summed E-state index contributed by atoms with van der Waals surface area (Å²) in [5, 5.41) is 15.2. The van der Waals surface area contributed by atoms with Crippen LogP contribution < -0.4 is 11.1 Å². The van der Waals surface area contributed by atoms with Gasteiger partial charge in [-0.15, -0.1) is 0 Å². The lowest BCUT2D eigenvalue weighted by atomic mass is 10.0. The van der Waals surface area contributed by atoms with Gasteiger partial charge in [0, 0.05) is 18.7 Å². The van der Waals surface area contributed by atoms with Crippen LogP contribution in [0.15, 0.2) is 29.4 Å². The van der Waals surface area contributed by atoms with E-state index in [1.165, 1.54) is 11.3 Å². The third kappa shape index (κ3) is 2.94. The zero-order valence-electron chi connectivity index (χ0n) is 10.8. The predicted octanol–water partition coefficient (Wildman–Crippen LogP) is 2.58. The number of hydrogen-bond acceptors (Lipinski definition) is 3. The minimum atomic E-state index is 0.192. The van der Waals surface area contributed by atoms with Crippen molar-refractivity contribution in [2.45, 2.75) is 32.6 Å². The molecule has 1 aromatic rings. The van der Waals surface area contributed by atoms with Crippen molar-refractivity contribution in [3.05, 3.63) is 29.8 Å². The van der Waals surface area contributed by atoms with E-state index >= 15 is 0 Å². The van der Waals surface area contributed by atoms with Crippen molar-refractivity contribution < 1.29 is 5.21 Å². The molecule has 0 heterocycles. The Hall–Kier alpha value is -1.71. The minimum absolute atomic E-state index is 0.192. The zero-order chi connectivity index (χ0) is 13.0. The van der Waals surface area contributed by atoms with E-state index in [1.807, 2.05) is 6.07 Å². The first kappa shape index (κ1) is 12.7. The maximum Gasteiger partial charge on any atom is 0.139 e. The fourth-order valence-corrected chi connectivity index (χ4v) is 2.30. The van der Waals surface area contributed by atoms with Crippen LogP contribution in [0.4, 0.5) is 5.69 Å². The van der Waals surface area contributed by atoms with Gasteiger partial charge in [0.05, 0.1) is 0 Å². The van der Waals surface area contributed by atoms with Gasteiger partial charge in [-0.2, -0.15) is 0 Å². The van der Waals surface area contributed by atoms with Crippen molar-refractivity contribution in [3.8, 4) is 0 Å². The van der Waals surface area contributed by atoms with Crippen LogP contribution in [0, 0.1) is 5.41 Å². The lowest BCUT2D eigenvalue weighted by molar-refractivity contribution is 0.315. The average Bonchev–Trinajstić information content (AvgIpc) is 3.16. The monoisotopic (exact) mass is 247 g/mol. The number of anilines is 1. The summed E-state index contributed by atoms with van der Waals surface area (Å²) in [6.07, 6.45) is 3.98. The van der Waals surface area contributed by atoms with Crippen LogP contribution in [0.5, 0.6) is 0 Å². The summed E-state index contributed by atoms with van der Waals surface area (Å²) in [5.41, 5.74) is 8.32. The summed E-state index contributed by atoms with van der Waals surface area (Å²) in [5.74, 6) is 0.332. The van der Waals surface area contributed by atoms with Crippen LogP contribution in [-0.2, 0) is 6.42 Å². The van der Waals surface area contributed by atoms with E-state index in [2.05, 4.69) is 35.6 Å². The molecule has 0 radical (unpaired) electrons. The average molecular weight is 247 g/mol. The summed E-state index contributed by atoms with van der Waals surface area (Å²) in [4.78, 5) is 0. The molecule has 4 N–H and O–H groups in total. The van der Waals surface area contributed by atoms with Gasteiger partial charge in [-0.25, -0.2) is 0 Å². The molecule has 18 heavy (non-hydrogen) atoms. The third-order valence-corrected chi connectivity index (χ3v) is 3.69. The molecule has 0 aliphatic heterocycles. The SMILES string of the molecule is CCc1ccccc1NCC1(CC(N)=NO)CC1. The third-order valence-electron chi connectivity index (χ3n) is 3.69. The normalized spacial score (nSPS) is 17.5. The Morgan fingerprint density at radius 2 is 2.17 bits per heavy atom. The van der Waals surface area contributed by atoms with Crippen molar-refractivity contribution in [1.82, 2.24) is 0 Å². The van der Waals surface area contributed by atoms with Gasteiger partial charge in [0.1, 0.15) is 5.84 Å².